The minimum atomic E-state index is -1.17. The van der Waals surface area contributed by atoms with Crippen molar-refractivity contribution in [2.24, 2.45) is 0 Å². The highest BCUT2D eigenvalue weighted by Crippen LogP contribution is 2.05. The lowest BCUT2D eigenvalue weighted by atomic mass is 10.3. The van der Waals surface area contributed by atoms with Gasteiger partial charge in [-0.25, -0.2) is 9.78 Å². The van der Waals surface area contributed by atoms with Crippen LogP contribution in [-0.2, 0) is 15.9 Å². The molecule has 0 aliphatic carbocycles. The molecule has 0 unspecified atom stereocenters. The topological polar surface area (TPSA) is 93.6 Å². The summed E-state index contributed by atoms with van der Waals surface area (Å²) >= 11 is 0. The number of hydrogen-bond acceptors (Lipinski definition) is 5. The first-order valence-corrected chi connectivity index (χ1v) is 4.52. The van der Waals surface area contributed by atoms with Gasteiger partial charge in [0.15, 0.2) is 12.1 Å². The summed E-state index contributed by atoms with van der Waals surface area (Å²) in [6, 6.07) is 0. The number of hydrogen-bond donors (Lipinski definition) is 2. The summed E-state index contributed by atoms with van der Waals surface area (Å²) in [6.07, 6.45) is 1.71. The molecule has 1 aromatic rings. The SMILES string of the molecule is COC(Cc1cnc(NC(=O)O)cn1)OC. The Bertz CT molecular complexity index is 337. The van der Waals surface area contributed by atoms with E-state index in [2.05, 4.69) is 15.3 Å². The van der Waals surface area contributed by atoms with E-state index in [4.69, 9.17) is 14.6 Å². The van der Waals surface area contributed by atoms with Crippen LogP contribution in [0.5, 0.6) is 0 Å². The normalized spacial score (nSPS) is 10.4. The second kappa shape index (κ2) is 5.99. The Morgan fingerprint density at radius 2 is 2.12 bits per heavy atom. The van der Waals surface area contributed by atoms with Crippen molar-refractivity contribution < 1.29 is 19.4 Å². The smallest absolute Gasteiger partial charge is 0.410 e. The standard InChI is InChI=1S/C9H13N3O4/c1-15-8(16-2)3-6-4-11-7(5-10-6)12-9(13)14/h4-5,8H,3H2,1-2H3,(H,11,12)(H,13,14). The van der Waals surface area contributed by atoms with Crippen LogP contribution in [0.15, 0.2) is 12.4 Å². The Hall–Kier alpha value is -1.73. The van der Waals surface area contributed by atoms with Crippen LogP contribution in [0.25, 0.3) is 0 Å². The van der Waals surface area contributed by atoms with Crippen molar-refractivity contribution in [1.82, 2.24) is 9.97 Å². The first-order chi connectivity index (χ1) is 7.65. The van der Waals surface area contributed by atoms with Gasteiger partial charge in [-0.1, -0.05) is 0 Å². The molecule has 7 nitrogen and oxygen atoms in total. The third-order valence-electron chi connectivity index (χ3n) is 1.84. The molecular weight excluding hydrogens is 214 g/mol. The second-order valence-electron chi connectivity index (χ2n) is 2.93. The van der Waals surface area contributed by atoms with Gasteiger partial charge in [-0.05, 0) is 0 Å². The zero-order valence-corrected chi connectivity index (χ0v) is 9.01. The molecule has 16 heavy (non-hydrogen) atoms. The molecule has 0 saturated carbocycles. The fourth-order valence-electron chi connectivity index (χ4n) is 1.07. The van der Waals surface area contributed by atoms with Gasteiger partial charge in [0.05, 0.1) is 18.1 Å². The van der Waals surface area contributed by atoms with Gasteiger partial charge in [0.25, 0.3) is 0 Å². The maximum atomic E-state index is 10.3. The molecular formula is C9H13N3O4. The lowest BCUT2D eigenvalue weighted by Gasteiger charge is -2.12. The zero-order chi connectivity index (χ0) is 12.0. The molecule has 2 N–H and O–H groups in total. The van der Waals surface area contributed by atoms with Crippen LogP contribution in [0.2, 0.25) is 0 Å². The quantitative estimate of drug-likeness (QED) is 0.720. The number of amides is 1. The fourth-order valence-corrected chi connectivity index (χ4v) is 1.07. The Kier molecular flexibility index (Phi) is 4.62. The van der Waals surface area contributed by atoms with Crippen LogP contribution >= 0.6 is 0 Å². The van der Waals surface area contributed by atoms with Crippen LogP contribution in [0, 0.1) is 0 Å². The van der Waals surface area contributed by atoms with Crippen LogP contribution in [-0.4, -0.2) is 41.7 Å². The van der Waals surface area contributed by atoms with Crippen molar-refractivity contribution >= 4 is 11.9 Å². The lowest BCUT2D eigenvalue weighted by molar-refractivity contribution is -0.101. The molecule has 0 bridgehead atoms. The second-order valence-corrected chi connectivity index (χ2v) is 2.93. The van der Waals surface area contributed by atoms with Gasteiger partial charge >= 0.3 is 6.09 Å². The number of ether oxygens (including phenoxy) is 2. The summed E-state index contributed by atoms with van der Waals surface area (Å²) in [4.78, 5) is 18.2. The minimum Gasteiger partial charge on any atom is -0.465 e. The largest absolute Gasteiger partial charge is 0.465 e. The van der Waals surface area contributed by atoms with Crippen molar-refractivity contribution in [2.75, 3.05) is 19.5 Å². The van der Waals surface area contributed by atoms with Crippen molar-refractivity contribution in [3.8, 4) is 0 Å². The average molecular weight is 227 g/mol. The van der Waals surface area contributed by atoms with E-state index in [1.165, 1.54) is 26.6 Å². The molecule has 0 aliphatic heterocycles. The molecule has 0 aromatic carbocycles. The summed E-state index contributed by atoms with van der Waals surface area (Å²) < 4.78 is 10.00. The number of carbonyl (C=O) groups is 1. The van der Waals surface area contributed by atoms with Crippen LogP contribution in [0.3, 0.4) is 0 Å². The van der Waals surface area contributed by atoms with Crippen molar-refractivity contribution in [2.45, 2.75) is 12.7 Å². The highest BCUT2D eigenvalue weighted by molar-refractivity contribution is 5.80. The van der Waals surface area contributed by atoms with Crippen molar-refractivity contribution in [3.63, 3.8) is 0 Å². The fraction of sp³-hybridized carbons (Fsp3) is 0.444. The highest BCUT2D eigenvalue weighted by Gasteiger charge is 2.08. The van der Waals surface area contributed by atoms with Crippen molar-refractivity contribution in [1.29, 1.82) is 0 Å². The number of carboxylic acid groups (broad SMARTS) is 1. The van der Waals surface area contributed by atoms with Gasteiger partial charge in [0.2, 0.25) is 0 Å². The Labute approximate surface area is 92.4 Å². The number of nitrogens with zero attached hydrogens (tertiary/aromatic N) is 2. The lowest BCUT2D eigenvalue weighted by Crippen LogP contribution is -2.17. The summed E-state index contributed by atoms with van der Waals surface area (Å²) in [6.45, 7) is 0. The van der Waals surface area contributed by atoms with Gasteiger partial charge in [-0.3, -0.25) is 10.3 Å². The molecule has 0 radical (unpaired) electrons. The molecule has 0 fully saturated rings. The van der Waals surface area contributed by atoms with E-state index in [1.54, 1.807) is 0 Å². The maximum absolute atomic E-state index is 10.3. The molecule has 0 aliphatic rings. The van der Waals surface area contributed by atoms with Crippen LogP contribution < -0.4 is 5.32 Å². The molecule has 1 rings (SSSR count). The predicted molar refractivity (Wildman–Crippen MR) is 55.2 cm³/mol. The number of anilines is 1. The van der Waals surface area contributed by atoms with Crippen LogP contribution in [0.4, 0.5) is 10.6 Å². The molecule has 1 amide bonds. The van der Waals surface area contributed by atoms with E-state index in [9.17, 15) is 4.79 Å². The molecule has 0 saturated heterocycles. The van der Waals surface area contributed by atoms with Crippen molar-refractivity contribution in [3.05, 3.63) is 18.1 Å². The van der Waals surface area contributed by atoms with E-state index in [0.29, 0.717) is 12.1 Å². The number of nitrogens with one attached hydrogen (secondary N) is 1. The minimum absolute atomic E-state index is 0.183. The van der Waals surface area contributed by atoms with E-state index in [0.717, 1.165) is 0 Å². The first kappa shape index (κ1) is 12.3. The molecule has 1 heterocycles. The monoisotopic (exact) mass is 227 g/mol. The summed E-state index contributed by atoms with van der Waals surface area (Å²) in [5.74, 6) is 0.183. The predicted octanol–water partition coefficient (Wildman–Crippen LogP) is 0.728. The van der Waals surface area contributed by atoms with Gasteiger partial charge in [0, 0.05) is 20.6 Å². The molecule has 88 valence electrons. The summed E-state index contributed by atoms with van der Waals surface area (Å²) in [5, 5.41) is 10.5. The molecule has 1 aromatic heterocycles. The van der Waals surface area contributed by atoms with Gasteiger partial charge in [-0.15, -0.1) is 0 Å². The molecule has 0 atom stereocenters. The van der Waals surface area contributed by atoms with E-state index < -0.39 is 6.09 Å². The average Bonchev–Trinajstić information content (AvgIpc) is 2.27. The Balaban J connectivity index is 2.60. The van der Waals surface area contributed by atoms with Gasteiger partial charge in [-0.2, -0.15) is 0 Å². The molecule has 7 heteroatoms. The highest BCUT2D eigenvalue weighted by atomic mass is 16.7. The van der Waals surface area contributed by atoms with E-state index >= 15 is 0 Å². The third kappa shape index (κ3) is 3.79. The summed E-state index contributed by atoms with van der Waals surface area (Å²) in [7, 11) is 3.06. The third-order valence-corrected chi connectivity index (χ3v) is 1.84. The zero-order valence-electron chi connectivity index (χ0n) is 9.01. The summed E-state index contributed by atoms with van der Waals surface area (Å²) in [5.41, 5.74) is 0.657. The Morgan fingerprint density at radius 3 is 2.56 bits per heavy atom. The van der Waals surface area contributed by atoms with Crippen LogP contribution in [0.1, 0.15) is 5.69 Å². The van der Waals surface area contributed by atoms with E-state index in [-0.39, 0.29) is 12.1 Å². The maximum Gasteiger partial charge on any atom is 0.410 e. The van der Waals surface area contributed by atoms with Gasteiger partial charge < -0.3 is 14.6 Å². The molecule has 0 spiro atoms. The Morgan fingerprint density at radius 1 is 1.44 bits per heavy atom. The first-order valence-electron chi connectivity index (χ1n) is 4.52. The number of aromatic nitrogens is 2. The van der Waals surface area contributed by atoms with Gasteiger partial charge in [0.1, 0.15) is 0 Å². The number of rotatable bonds is 5. The number of methoxy groups -OCH3 is 2. The van der Waals surface area contributed by atoms with E-state index in [1.807, 2.05) is 0 Å².